The zero-order valence-corrected chi connectivity index (χ0v) is 41.3. The summed E-state index contributed by atoms with van der Waals surface area (Å²) in [6, 6.07) is 40.7. The quantitative estimate of drug-likeness (QED) is 0.0455. The molecule has 78 heavy (non-hydrogen) atoms. The van der Waals surface area contributed by atoms with Crippen molar-refractivity contribution in [3.05, 3.63) is 262 Å². The summed E-state index contributed by atoms with van der Waals surface area (Å²) in [6.07, 6.45) is 1.43. The summed E-state index contributed by atoms with van der Waals surface area (Å²) in [4.78, 5) is 26.3. The van der Waals surface area contributed by atoms with E-state index in [1.807, 2.05) is 60.7 Å². The Hall–Kier alpha value is -8.09. The van der Waals surface area contributed by atoms with Crippen LogP contribution in [-0.4, -0.2) is 24.9 Å². The molecule has 8 rings (SSSR count). The summed E-state index contributed by atoms with van der Waals surface area (Å²) >= 11 is 0. The minimum Gasteiger partial charge on any atom is -0.632 e. The Kier molecular flexibility index (Phi) is 19.4. The molecule has 0 saturated carbocycles. The molecule has 0 aromatic heterocycles. The van der Waals surface area contributed by atoms with Gasteiger partial charge in [0.2, 0.25) is 0 Å². The number of nitrogens with two attached hydrogens (primary N) is 2. The summed E-state index contributed by atoms with van der Waals surface area (Å²) in [5, 5.41) is 2.70. The van der Waals surface area contributed by atoms with Gasteiger partial charge in [-0.15, -0.1) is 0 Å². The number of benzene rings is 8. The summed E-state index contributed by atoms with van der Waals surface area (Å²) in [5.74, 6) is -21.4. The monoisotopic (exact) mass is 1090 g/mol. The highest BCUT2D eigenvalue weighted by atomic mass is 19.2. The first-order valence-corrected chi connectivity index (χ1v) is 24.6. The van der Waals surface area contributed by atoms with Gasteiger partial charge in [-0.1, -0.05) is 143 Å². The second kappa shape index (κ2) is 26.3. The minimum atomic E-state index is -3.23. The maximum atomic E-state index is 14.4. The predicted molar refractivity (Wildman–Crippen MR) is 270 cm³/mol. The minimum absolute atomic E-state index is 0.0271. The first-order chi connectivity index (χ1) is 37.4. The molecule has 0 bridgehead atoms. The molecule has 4 N–H and O–H groups in total. The van der Waals surface area contributed by atoms with E-state index in [1.54, 1.807) is 60.7 Å². The second-order valence-corrected chi connectivity index (χ2v) is 18.4. The third-order valence-corrected chi connectivity index (χ3v) is 13.1. The average molecular weight is 1090 g/mol. The third-order valence-electron chi connectivity index (χ3n) is 13.1. The van der Waals surface area contributed by atoms with Crippen molar-refractivity contribution in [2.75, 3.05) is 0 Å². The molecule has 0 aliphatic carbocycles. The van der Waals surface area contributed by atoms with Gasteiger partial charge < -0.3 is 19.8 Å². The molecule has 0 aliphatic rings. The van der Waals surface area contributed by atoms with Crippen LogP contribution in [0.15, 0.2) is 170 Å². The zero-order chi connectivity index (χ0) is 56.0. The fraction of sp³-hybridized carbons (Fsp3) is 0.138. The van der Waals surface area contributed by atoms with Gasteiger partial charge in [-0.05, 0) is 85.3 Å². The van der Waals surface area contributed by atoms with Crippen LogP contribution in [0.2, 0.25) is 0 Å². The Bertz CT molecular complexity index is 2920. The topological polar surface area (TPSA) is 85.8 Å². The van der Waals surface area contributed by atoms with Gasteiger partial charge in [-0.3, -0.25) is 9.59 Å². The predicted octanol–water partition coefficient (Wildman–Crippen LogP) is 8.81. The van der Waals surface area contributed by atoms with Crippen LogP contribution in [-0.2, 0) is 44.8 Å². The Morgan fingerprint density at radius 2 is 0.551 bits per heavy atom. The fourth-order valence-electron chi connectivity index (χ4n) is 9.12. The second-order valence-electron chi connectivity index (χ2n) is 18.4. The van der Waals surface area contributed by atoms with Crippen molar-refractivity contribution in [2.45, 2.75) is 51.6 Å². The Labute approximate surface area is 441 Å². The number of halogens is 12. The number of carbonyl (C=O) groups is 2. The number of carbonyl (C=O) groups excluding carboxylic acids is 2. The lowest BCUT2D eigenvalue weighted by Gasteiger charge is -2.38. The standard InChI is InChI=1S/2C29H24BF6NO2/c2*31-23-14-21(15-24(32)28(23)35)30(37-18-20-10-5-2-6-11-20,22-16-25(33)29(36)26(34)17-22)39-27(38)13-7-12-19-8-3-1-4-9-19/h2*1-6,8-11,14-17H,7,12-13,18,37H2. The highest BCUT2D eigenvalue weighted by Gasteiger charge is 2.44. The molecule has 0 unspecified atom stereocenters. The van der Waals surface area contributed by atoms with Gasteiger partial charge in [0.25, 0.3) is 11.9 Å². The van der Waals surface area contributed by atoms with E-state index >= 15 is 0 Å². The molecule has 0 amide bonds. The maximum absolute atomic E-state index is 14.4. The zero-order valence-electron chi connectivity index (χ0n) is 41.3. The number of hydrogen-bond donors (Lipinski definition) is 2. The van der Waals surface area contributed by atoms with Crippen molar-refractivity contribution < 1.29 is 82.0 Å². The Morgan fingerprint density at radius 1 is 0.333 bits per heavy atom. The van der Waals surface area contributed by atoms with Gasteiger partial charge in [-0.25, -0.2) is 52.7 Å². The molecule has 0 radical (unpaired) electrons. The Balaban J connectivity index is 0.000000226. The normalized spacial score (nSPS) is 11.4. The molecule has 0 saturated heterocycles. The fourth-order valence-corrected chi connectivity index (χ4v) is 9.12. The van der Waals surface area contributed by atoms with Crippen molar-refractivity contribution in [3.63, 3.8) is 0 Å². The van der Waals surface area contributed by atoms with Gasteiger partial charge in [0.05, 0.1) is 13.1 Å². The average Bonchev–Trinajstić information content (AvgIpc) is 3.46. The molecule has 0 fully saturated rings. The van der Waals surface area contributed by atoms with Gasteiger partial charge in [-0.2, -0.15) is 0 Å². The highest BCUT2D eigenvalue weighted by Crippen LogP contribution is 2.19. The first kappa shape index (κ1) is 57.6. The van der Waals surface area contributed by atoms with Crippen LogP contribution in [0.5, 0.6) is 0 Å². The van der Waals surface area contributed by atoms with Crippen LogP contribution >= 0.6 is 0 Å². The summed E-state index contributed by atoms with van der Waals surface area (Å²) < 4.78 is 183. The van der Waals surface area contributed by atoms with Gasteiger partial charge in [0, 0.05) is 24.0 Å². The summed E-state index contributed by atoms with van der Waals surface area (Å²) in [5.41, 5.74) is 1.73. The van der Waals surface area contributed by atoms with Gasteiger partial charge in [0.1, 0.15) is 0 Å². The van der Waals surface area contributed by atoms with Crippen LogP contribution in [0.4, 0.5) is 52.7 Å². The van der Waals surface area contributed by atoms with E-state index in [9.17, 15) is 62.3 Å². The van der Waals surface area contributed by atoms with E-state index in [1.165, 1.54) is 10.5 Å². The first-order valence-electron chi connectivity index (χ1n) is 24.6. The van der Waals surface area contributed by atoms with E-state index in [4.69, 9.17) is 9.31 Å². The van der Waals surface area contributed by atoms with Crippen LogP contribution < -0.4 is 32.3 Å². The molecule has 0 aliphatic heterocycles. The SMILES string of the molecule is O=C(CCCc1ccccc1)O[B-]([NH2+]Cc1ccccc1)(c1cc(F)c(F)c(F)c1)c1cc(F)c(F)c(F)c1.O=C(CCCc1ccccc1)O[B-]([NH2+]Cc1ccccc1)(c1cc(F)c(F)c(F)c1)c1cc(F)c(F)c(F)c1. The van der Waals surface area contributed by atoms with Gasteiger partial charge >= 0.3 is 13.0 Å². The van der Waals surface area contributed by atoms with Crippen molar-refractivity contribution in [1.29, 1.82) is 0 Å². The van der Waals surface area contributed by atoms with E-state index in [2.05, 4.69) is 0 Å². The van der Waals surface area contributed by atoms with Crippen LogP contribution in [0.25, 0.3) is 0 Å². The number of aryl methyl sites for hydroxylation is 2. The highest BCUT2D eigenvalue weighted by molar-refractivity contribution is 6.92. The lowest BCUT2D eigenvalue weighted by atomic mass is 9.41. The number of rotatable bonds is 20. The molecular weight excluding hydrogens is 1040 g/mol. The molecule has 0 heterocycles. The lowest BCUT2D eigenvalue weighted by Crippen LogP contribution is -3.07. The molecule has 8 aromatic carbocycles. The third kappa shape index (κ3) is 14.3. The summed E-state index contributed by atoms with van der Waals surface area (Å²) in [7, 11) is 0. The van der Waals surface area contributed by atoms with Crippen molar-refractivity contribution >= 4 is 46.8 Å². The van der Waals surface area contributed by atoms with E-state index in [-0.39, 0.29) is 47.8 Å². The Morgan fingerprint density at radius 3 is 0.782 bits per heavy atom. The van der Waals surface area contributed by atoms with Crippen molar-refractivity contribution in [3.8, 4) is 0 Å². The molecule has 0 atom stereocenters. The lowest BCUT2D eigenvalue weighted by molar-refractivity contribution is -0.556. The molecule has 8 aromatic rings. The van der Waals surface area contributed by atoms with Crippen LogP contribution in [0.1, 0.15) is 47.9 Å². The molecule has 404 valence electrons. The van der Waals surface area contributed by atoms with Crippen LogP contribution in [0, 0.1) is 69.8 Å². The molecule has 20 heteroatoms. The molecule has 0 spiro atoms. The summed E-state index contributed by atoms with van der Waals surface area (Å²) in [6.45, 7) is -6.40. The van der Waals surface area contributed by atoms with E-state index in [0.29, 0.717) is 85.3 Å². The van der Waals surface area contributed by atoms with E-state index < -0.39 is 94.7 Å². The largest absolute Gasteiger partial charge is 0.632 e. The van der Waals surface area contributed by atoms with Gasteiger partial charge in [0.15, 0.2) is 69.8 Å². The van der Waals surface area contributed by atoms with E-state index in [0.717, 1.165) is 11.1 Å². The maximum Gasteiger partial charge on any atom is 0.441 e. The van der Waals surface area contributed by atoms with Crippen molar-refractivity contribution in [1.82, 2.24) is 0 Å². The number of hydrogen-bond acceptors (Lipinski definition) is 4. The smallest absolute Gasteiger partial charge is 0.441 e. The number of quaternary nitrogens is 2. The molecule has 6 nitrogen and oxygen atoms in total. The van der Waals surface area contributed by atoms with Crippen LogP contribution in [0.3, 0.4) is 0 Å². The molecular formula is C58H48B2F12N2O4. The van der Waals surface area contributed by atoms with Crippen molar-refractivity contribution in [2.24, 2.45) is 0 Å².